The molecule has 23 heavy (non-hydrogen) atoms. The van der Waals surface area contributed by atoms with Crippen LogP contribution in [-0.2, 0) is 5.41 Å². The van der Waals surface area contributed by atoms with Gasteiger partial charge in [-0.1, -0.05) is 34.6 Å². The number of carboxylic acid groups (broad SMARTS) is 1. The van der Waals surface area contributed by atoms with Gasteiger partial charge >= 0.3 is 5.97 Å². The summed E-state index contributed by atoms with van der Waals surface area (Å²) in [6, 6.07) is 4.04. The van der Waals surface area contributed by atoms with E-state index in [9.17, 15) is 9.90 Å². The Kier molecular flexibility index (Phi) is 4.36. The molecule has 0 spiro atoms. The van der Waals surface area contributed by atoms with Crippen LogP contribution in [0.15, 0.2) is 12.1 Å². The fourth-order valence-corrected chi connectivity index (χ4v) is 3.66. The molecule has 2 rings (SSSR count). The van der Waals surface area contributed by atoms with Crippen LogP contribution in [0.25, 0.3) is 10.9 Å². The second kappa shape index (κ2) is 5.70. The molecule has 3 nitrogen and oxygen atoms in total. The second-order valence-corrected chi connectivity index (χ2v) is 8.09. The Morgan fingerprint density at radius 1 is 1.13 bits per heavy atom. The Morgan fingerprint density at radius 2 is 1.70 bits per heavy atom. The molecule has 0 saturated heterocycles. The van der Waals surface area contributed by atoms with Gasteiger partial charge in [0.05, 0.1) is 11.1 Å². The smallest absolute Gasteiger partial charge is 0.335 e. The van der Waals surface area contributed by atoms with Gasteiger partial charge in [-0.3, -0.25) is 0 Å². The lowest BCUT2D eigenvalue weighted by atomic mass is 9.83. The third-order valence-corrected chi connectivity index (χ3v) is 4.54. The summed E-state index contributed by atoms with van der Waals surface area (Å²) in [6.07, 6.45) is 0. The van der Waals surface area contributed by atoms with Gasteiger partial charge < -0.3 is 9.67 Å². The maximum atomic E-state index is 11.6. The summed E-state index contributed by atoms with van der Waals surface area (Å²) in [5.41, 5.74) is 5.08. The average molecular weight is 315 g/mol. The summed E-state index contributed by atoms with van der Waals surface area (Å²) in [5, 5.41) is 10.6. The quantitative estimate of drug-likeness (QED) is 0.795. The molecule has 0 aliphatic rings. The largest absolute Gasteiger partial charge is 0.478 e. The number of carboxylic acids is 1. The van der Waals surface area contributed by atoms with E-state index in [1.54, 1.807) is 0 Å². The van der Waals surface area contributed by atoms with Crippen molar-refractivity contribution in [1.82, 2.24) is 4.57 Å². The Morgan fingerprint density at radius 3 is 2.09 bits per heavy atom. The number of hydrogen-bond donors (Lipinski definition) is 1. The molecule has 0 fully saturated rings. The van der Waals surface area contributed by atoms with Crippen molar-refractivity contribution in [2.75, 3.05) is 0 Å². The van der Waals surface area contributed by atoms with Gasteiger partial charge in [-0.05, 0) is 55.4 Å². The lowest BCUT2D eigenvalue weighted by Gasteiger charge is -2.24. The molecule has 0 unspecified atom stereocenters. The summed E-state index contributed by atoms with van der Waals surface area (Å²) in [6.45, 7) is 17.3. The highest BCUT2D eigenvalue weighted by Gasteiger charge is 2.27. The fraction of sp³-hybridized carbons (Fsp3) is 0.550. The Labute approximate surface area is 139 Å². The maximum Gasteiger partial charge on any atom is 0.335 e. The van der Waals surface area contributed by atoms with E-state index in [4.69, 9.17) is 0 Å². The van der Waals surface area contributed by atoms with Crippen molar-refractivity contribution >= 4 is 16.9 Å². The number of benzene rings is 1. The molecule has 0 atom stereocenters. The summed E-state index contributed by atoms with van der Waals surface area (Å²) in [5.74, 6) is -0.503. The van der Waals surface area contributed by atoms with Crippen LogP contribution in [0.4, 0.5) is 0 Å². The van der Waals surface area contributed by atoms with Crippen LogP contribution < -0.4 is 0 Å². The molecule has 126 valence electrons. The number of aromatic carboxylic acids is 1. The van der Waals surface area contributed by atoms with Crippen LogP contribution >= 0.6 is 0 Å². The van der Waals surface area contributed by atoms with Crippen LogP contribution in [0.3, 0.4) is 0 Å². The number of aromatic nitrogens is 1. The monoisotopic (exact) mass is 315 g/mol. The van der Waals surface area contributed by atoms with E-state index in [1.807, 2.05) is 12.1 Å². The Balaban J connectivity index is 3.09. The van der Waals surface area contributed by atoms with Crippen LogP contribution in [-0.4, -0.2) is 15.6 Å². The summed E-state index contributed by atoms with van der Waals surface area (Å²) < 4.78 is 2.37. The normalized spacial score (nSPS) is 12.6. The summed E-state index contributed by atoms with van der Waals surface area (Å²) in [4.78, 5) is 11.6. The zero-order valence-corrected chi connectivity index (χ0v) is 15.6. The topological polar surface area (TPSA) is 42.2 Å². The van der Waals surface area contributed by atoms with Gasteiger partial charge in [0.25, 0.3) is 0 Å². The van der Waals surface area contributed by atoms with Crippen molar-refractivity contribution in [3.63, 3.8) is 0 Å². The predicted molar refractivity (Wildman–Crippen MR) is 96.8 cm³/mol. The minimum absolute atomic E-state index is 0.116. The third-order valence-electron chi connectivity index (χ3n) is 4.54. The molecule has 3 heteroatoms. The molecule has 0 amide bonds. The second-order valence-electron chi connectivity index (χ2n) is 8.09. The van der Waals surface area contributed by atoms with Crippen LogP contribution in [0, 0.1) is 6.92 Å². The van der Waals surface area contributed by atoms with Crippen molar-refractivity contribution in [1.29, 1.82) is 0 Å². The molecule has 0 saturated carbocycles. The molecular weight excluding hydrogens is 286 g/mol. The zero-order valence-electron chi connectivity index (χ0n) is 15.6. The van der Waals surface area contributed by atoms with Crippen LogP contribution in [0.5, 0.6) is 0 Å². The van der Waals surface area contributed by atoms with Gasteiger partial charge in [0.2, 0.25) is 0 Å². The number of fused-ring (bicyclic) bond motifs is 1. The summed E-state index contributed by atoms with van der Waals surface area (Å²) >= 11 is 0. The number of carbonyl (C=O) groups is 1. The van der Waals surface area contributed by atoms with Crippen molar-refractivity contribution in [3.8, 4) is 0 Å². The van der Waals surface area contributed by atoms with Gasteiger partial charge in [0.1, 0.15) is 0 Å². The molecule has 1 N–H and O–H groups in total. The van der Waals surface area contributed by atoms with Crippen molar-refractivity contribution in [3.05, 3.63) is 34.5 Å². The highest BCUT2D eigenvalue weighted by atomic mass is 16.4. The molecule has 1 aromatic carbocycles. The zero-order chi connectivity index (χ0) is 17.7. The molecule has 1 heterocycles. The van der Waals surface area contributed by atoms with Crippen molar-refractivity contribution < 1.29 is 9.90 Å². The van der Waals surface area contributed by atoms with E-state index in [0.717, 1.165) is 10.9 Å². The van der Waals surface area contributed by atoms with Gasteiger partial charge in [0, 0.05) is 17.1 Å². The fourth-order valence-electron chi connectivity index (χ4n) is 3.66. The standard InChI is InChI=1S/C20H29NO2/c1-11(2)17-13(5)21(12(3)4)18-15(17)9-14(19(22)23)10-16(18)20(6,7)8/h9-12H,1-8H3,(H,22,23). The first-order chi connectivity index (χ1) is 10.5. The van der Waals surface area contributed by atoms with Gasteiger partial charge in [-0.2, -0.15) is 0 Å². The van der Waals surface area contributed by atoms with Crippen LogP contribution in [0.1, 0.15) is 87.6 Å². The third kappa shape index (κ3) is 2.89. The van der Waals surface area contributed by atoms with Crippen molar-refractivity contribution in [2.45, 2.75) is 72.8 Å². The molecule has 2 aromatic rings. The highest BCUT2D eigenvalue weighted by Crippen LogP contribution is 2.40. The van der Waals surface area contributed by atoms with E-state index in [0.29, 0.717) is 17.5 Å². The molecule has 0 bridgehead atoms. The number of rotatable bonds is 3. The van der Waals surface area contributed by atoms with E-state index in [1.165, 1.54) is 16.8 Å². The lowest BCUT2D eigenvalue weighted by molar-refractivity contribution is 0.0697. The lowest BCUT2D eigenvalue weighted by Crippen LogP contribution is -2.16. The van der Waals surface area contributed by atoms with E-state index >= 15 is 0 Å². The van der Waals surface area contributed by atoms with Crippen LogP contribution in [0.2, 0.25) is 0 Å². The Bertz CT molecular complexity index is 758. The predicted octanol–water partition coefficient (Wildman–Crippen LogP) is 5.65. The summed E-state index contributed by atoms with van der Waals surface area (Å²) in [7, 11) is 0. The Hall–Kier alpha value is -1.77. The van der Waals surface area contributed by atoms with E-state index < -0.39 is 5.97 Å². The molecule has 0 aliphatic heterocycles. The van der Waals surface area contributed by atoms with Gasteiger partial charge in [-0.15, -0.1) is 0 Å². The molecule has 0 radical (unpaired) electrons. The maximum absolute atomic E-state index is 11.6. The average Bonchev–Trinajstić information content (AvgIpc) is 2.67. The molecular formula is C20H29NO2. The van der Waals surface area contributed by atoms with E-state index in [-0.39, 0.29) is 5.41 Å². The highest BCUT2D eigenvalue weighted by molar-refractivity contribution is 5.98. The van der Waals surface area contributed by atoms with Crippen molar-refractivity contribution in [2.24, 2.45) is 0 Å². The number of hydrogen-bond acceptors (Lipinski definition) is 1. The first-order valence-corrected chi connectivity index (χ1v) is 8.39. The number of nitrogens with zero attached hydrogens (tertiary/aromatic N) is 1. The van der Waals surface area contributed by atoms with Gasteiger partial charge in [0.15, 0.2) is 0 Å². The van der Waals surface area contributed by atoms with E-state index in [2.05, 4.69) is 60.0 Å². The van der Waals surface area contributed by atoms with Gasteiger partial charge in [-0.25, -0.2) is 4.79 Å². The minimum atomic E-state index is -0.859. The minimum Gasteiger partial charge on any atom is -0.478 e. The molecule has 0 aliphatic carbocycles. The first kappa shape index (κ1) is 17.6. The SMILES string of the molecule is Cc1c(C(C)C)c2cc(C(=O)O)cc(C(C)(C)C)c2n1C(C)C. The molecule has 1 aromatic heterocycles. The first-order valence-electron chi connectivity index (χ1n) is 8.39.